The molecule has 1 atom stereocenters. The van der Waals surface area contributed by atoms with Crippen LogP contribution in [-0.2, 0) is 9.59 Å². The van der Waals surface area contributed by atoms with Gasteiger partial charge in [-0.3, -0.25) is 9.59 Å². The van der Waals surface area contributed by atoms with Crippen molar-refractivity contribution in [3.63, 3.8) is 0 Å². The number of methoxy groups -OCH3 is 3. The number of carbonyl (C=O) groups is 2. The van der Waals surface area contributed by atoms with E-state index in [0.717, 1.165) is 18.7 Å². The summed E-state index contributed by atoms with van der Waals surface area (Å²) in [7, 11) is 4.52. The van der Waals surface area contributed by atoms with Gasteiger partial charge in [0.25, 0.3) is 11.7 Å². The molecule has 0 bridgehead atoms. The van der Waals surface area contributed by atoms with Crippen LogP contribution >= 0.6 is 0 Å². The van der Waals surface area contributed by atoms with Gasteiger partial charge in [-0.15, -0.1) is 0 Å². The number of carbonyl (C=O) groups excluding carboxylic acids is 2. The fourth-order valence-electron chi connectivity index (χ4n) is 4.88. The number of ether oxygens (including phenoxy) is 4. The van der Waals surface area contributed by atoms with Crippen molar-refractivity contribution in [2.75, 3.05) is 54.1 Å². The molecule has 1 fully saturated rings. The van der Waals surface area contributed by atoms with Crippen molar-refractivity contribution in [2.24, 2.45) is 5.92 Å². The molecule has 1 N–H and O–H groups in total. The second kappa shape index (κ2) is 13.6. The number of rotatable bonds is 13. The number of benzene rings is 2. The fraction of sp³-hybridized carbons (Fsp3) is 0.484. The Kier molecular flexibility index (Phi) is 10.5. The van der Waals surface area contributed by atoms with E-state index < -0.39 is 17.7 Å². The quantitative estimate of drug-likeness (QED) is 0.214. The average Bonchev–Trinajstić information content (AvgIpc) is 3.20. The highest BCUT2D eigenvalue weighted by Gasteiger charge is 2.46. The molecule has 1 aliphatic rings. The number of aliphatic hydroxyl groups excluding tert-OH is 1. The molecule has 2 aromatic rings. The molecule has 218 valence electrons. The van der Waals surface area contributed by atoms with E-state index in [4.69, 9.17) is 18.9 Å². The molecule has 40 heavy (non-hydrogen) atoms. The standard InChI is InChI=1S/C31H42N2O7/c1-9-32(10-2)13-14-33-27(22-16-24(37-6)30(39-8)25(17-22)38-7)26(29(35)31(33)36)28(34)21-11-12-23(20(5)15-21)40-18-19(3)4/h11-12,15-17,19,27,34H,9-10,13-14,18H2,1-8H3/t27-/m0/s1. The van der Waals surface area contributed by atoms with Gasteiger partial charge in [0, 0.05) is 18.7 Å². The predicted molar refractivity (Wildman–Crippen MR) is 154 cm³/mol. The van der Waals surface area contributed by atoms with E-state index in [-0.39, 0.29) is 11.3 Å². The Hall–Kier alpha value is -3.72. The average molecular weight is 555 g/mol. The lowest BCUT2D eigenvalue weighted by molar-refractivity contribution is -0.140. The maximum atomic E-state index is 13.5. The van der Waals surface area contributed by atoms with E-state index in [1.165, 1.54) is 26.2 Å². The number of likely N-dealkylation sites (N-methyl/N-ethyl adjacent to an activating group) is 1. The van der Waals surface area contributed by atoms with Gasteiger partial charge >= 0.3 is 0 Å². The Morgan fingerprint density at radius 3 is 2.10 bits per heavy atom. The maximum Gasteiger partial charge on any atom is 0.295 e. The summed E-state index contributed by atoms with van der Waals surface area (Å²) >= 11 is 0. The van der Waals surface area contributed by atoms with Crippen molar-refractivity contribution in [3.8, 4) is 23.0 Å². The molecule has 0 aliphatic carbocycles. The van der Waals surface area contributed by atoms with Gasteiger partial charge in [0.1, 0.15) is 11.5 Å². The Bertz CT molecular complexity index is 1230. The molecule has 3 rings (SSSR count). The van der Waals surface area contributed by atoms with Crippen molar-refractivity contribution in [1.29, 1.82) is 0 Å². The van der Waals surface area contributed by atoms with Crippen LogP contribution in [0, 0.1) is 12.8 Å². The third-order valence-electron chi connectivity index (χ3n) is 7.11. The van der Waals surface area contributed by atoms with Crippen LogP contribution in [0.25, 0.3) is 5.76 Å². The molecule has 9 nitrogen and oxygen atoms in total. The summed E-state index contributed by atoms with van der Waals surface area (Å²) in [5.41, 5.74) is 1.80. The number of aryl methyl sites for hydroxylation is 1. The Labute approximate surface area is 237 Å². The number of amides is 1. The molecule has 0 unspecified atom stereocenters. The van der Waals surface area contributed by atoms with Crippen molar-refractivity contribution in [2.45, 2.75) is 40.7 Å². The summed E-state index contributed by atoms with van der Waals surface area (Å²) in [6, 6.07) is 7.81. The summed E-state index contributed by atoms with van der Waals surface area (Å²) in [4.78, 5) is 30.6. The van der Waals surface area contributed by atoms with Gasteiger partial charge in [0.15, 0.2) is 11.5 Å². The molecule has 0 radical (unpaired) electrons. The van der Waals surface area contributed by atoms with Crippen molar-refractivity contribution in [3.05, 3.63) is 52.6 Å². The highest BCUT2D eigenvalue weighted by molar-refractivity contribution is 6.46. The molecule has 1 aliphatic heterocycles. The number of likely N-dealkylation sites (tertiary alicyclic amines) is 1. The summed E-state index contributed by atoms with van der Waals surface area (Å²) < 4.78 is 22.5. The Balaban J connectivity index is 2.18. The minimum absolute atomic E-state index is 0.00840. The first-order valence-corrected chi connectivity index (χ1v) is 13.7. The predicted octanol–water partition coefficient (Wildman–Crippen LogP) is 4.82. The van der Waals surface area contributed by atoms with Gasteiger partial charge in [-0.05, 0) is 67.4 Å². The van der Waals surface area contributed by atoms with E-state index >= 15 is 0 Å². The molecular weight excluding hydrogens is 512 g/mol. The lowest BCUT2D eigenvalue weighted by Gasteiger charge is -2.29. The van der Waals surface area contributed by atoms with E-state index in [9.17, 15) is 14.7 Å². The lowest BCUT2D eigenvalue weighted by atomic mass is 9.94. The van der Waals surface area contributed by atoms with E-state index in [1.54, 1.807) is 30.3 Å². The maximum absolute atomic E-state index is 13.5. The van der Waals surface area contributed by atoms with Gasteiger partial charge in [-0.25, -0.2) is 0 Å². The first kappa shape index (κ1) is 30.8. The Morgan fingerprint density at radius 2 is 1.60 bits per heavy atom. The van der Waals surface area contributed by atoms with E-state index in [2.05, 4.69) is 18.7 Å². The summed E-state index contributed by atoms with van der Waals surface area (Å²) in [6.45, 7) is 13.1. The molecule has 9 heteroatoms. The number of nitrogens with zero attached hydrogens (tertiary/aromatic N) is 2. The molecule has 1 saturated heterocycles. The van der Waals surface area contributed by atoms with Gasteiger partial charge in [0.05, 0.1) is 39.6 Å². The largest absolute Gasteiger partial charge is 0.507 e. The van der Waals surface area contributed by atoms with Crippen molar-refractivity contribution >= 4 is 17.4 Å². The zero-order valence-corrected chi connectivity index (χ0v) is 24.9. The SMILES string of the molecule is CCN(CC)CCN1C(=O)C(=O)C(=C(O)c2ccc(OCC(C)C)c(C)c2)[C@@H]1c1cc(OC)c(OC)c(OC)c1. The third-order valence-corrected chi connectivity index (χ3v) is 7.11. The number of ketones is 1. The van der Waals surface area contributed by atoms with Gasteiger partial charge in [-0.2, -0.15) is 0 Å². The zero-order chi connectivity index (χ0) is 29.6. The zero-order valence-electron chi connectivity index (χ0n) is 24.9. The summed E-state index contributed by atoms with van der Waals surface area (Å²) in [5, 5.41) is 11.6. The van der Waals surface area contributed by atoms with Crippen LogP contribution in [-0.4, -0.2) is 80.7 Å². The van der Waals surface area contributed by atoms with Crippen LogP contribution in [0.5, 0.6) is 23.0 Å². The molecule has 1 amide bonds. The van der Waals surface area contributed by atoms with E-state index in [0.29, 0.717) is 59.7 Å². The van der Waals surface area contributed by atoms with Crippen LogP contribution in [0.3, 0.4) is 0 Å². The van der Waals surface area contributed by atoms with Crippen LogP contribution in [0.2, 0.25) is 0 Å². The first-order chi connectivity index (χ1) is 19.1. The molecule has 0 saturated carbocycles. The van der Waals surface area contributed by atoms with Crippen LogP contribution < -0.4 is 18.9 Å². The smallest absolute Gasteiger partial charge is 0.295 e. The van der Waals surface area contributed by atoms with Gasteiger partial charge in [0.2, 0.25) is 5.75 Å². The molecular formula is C31H42N2O7. The second-order valence-corrected chi connectivity index (χ2v) is 10.2. The summed E-state index contributed by atoms with van der Waals surface area (Å²) in [6.07, 6.45) is 0. The second-order valence-electron chi connectivity index (χ2n) is 10.2. The molecule has 0 spiro atoms. The van der Waals surface area contributed by atoms with Crippen molar-refractivity contribution < 1.29 is 33.6 Å². The number of aliphatic hydroxyl groups is 1. The normalized spacial score (nSPS) is 16.6. The van der Waals surface area contributed by atoms with Crippen LogP contribution in [0.1, 0.15) is 50.4 Å². The lowest BCUT2D eigenvalue weighted by Crippen LogP contribution is -2.38. The number of hydrogen-bond acceptors (Lipinski definition) is 8. The highest BCUT2D eigenvalue weighted by Crippen LogP contribution is 2.45. The fourth-order valence-corrected chi connectivity index (χ4v) is 4.88. The highest BCUT2D eigenvalue weighted by atomic mass is 16.5. The Morgan fingerprint density at radius 1 is 0.975 bits per heavy atom. The first-order valence-electron chi connectivity index (χ1n) is 13.7. The van der Waals surface area contributed by atoms with Crippen molar-refractivity contribution in [1.82, 2.24) is 9.80 Å². The minimum Gasteiger partial charge on any atom is -0.507 e. The molecule has 0 aromatic heterocycles. The van der Waals surface area contributed by atoms with Crippen LogP contribution in [0.4, 0.5) is 0 Å². The van der Waals surface area contributed by atoms with Gasteiger partial charge < -0.3 is 33.9 Å². The minimum atomic E-state index is -0.860. The topological polar surface area (TPSA) is 97.8 Å². The molecule has 2 aromatic carbocycles. The monoisotopic (exact) mass is 554 g/mol. The van der Waals surface area contributed by atoms with Crippen LogP contribution in [0.15, 0.2) is 35.9 Å². The number of Topliss-reactive ketones (excluding diaryl/α,β-unsaturated/α-hetero) is 1. The van der Waals surface area contributed by atoms with E-state index in [1.807, 2.05) is 20.8 Å². The number of hydrogen-bond donors (Lipinski definition) is 1. The molecule has 1 heterocycles. The van der Waals surface area contributed by atoms with Gasteiger partial charge in [-0.1, -0.05) is 27.7 Å². The summed E-state index contributed by atoms with van der Waals surface area (Å²) in [5.74, 6) is 0.559. The third kappa shape index (κ3) is 6.36.